The molecule has 0 unspecified atom stereocenters. The minimum atomic E-state index is -1.11. The fourth-order valence-electron chi connectivity index (χ4n) is 2.50. The van der Waals surface area contributed by atoms with Crippen LogP contribution in [0.1, 0.15) is 46.1 Å². The predicted molar refractivity (Wildman–Crippen MR) is 100 cm³/mol. The van der Waals surface area contributed by atoms with Crippen LogP contribution in [-0.4, -0.2) is 39.1 Å². The Kier molecular flexibility index (Phi) is 6.27. The maximum absolute atomic E-state index is 12.9. The van der Waals surface area contributed by atoms with E-state index in [0.29, 0.717) is 10.7 Å². The normalized spacial score (nSPS) is 10.9. The van der Waals surface area contributed by atoms with E-state index < -0.39 is 16.8 Å². The van der Waals surface area contributed by atoms with Crippen LogP contribution in [0.4, 0.5) is 5.69 Å². The zero-order valence-electron chi connectivity index (χ0n) is 15.4. The average Bonchev–Trinajstić information content (AvgIpc) is 2.94. The molecule has 2 rings (SSSR count). The van der Waals surface area contributed by atoms with E-state index in [1.807, 2.05) is 13.8 Å². The van der Waals surface area contributed by atoms with E-state index in [4.69, 9.17) is 9.52 Å². The third kappa shape index (κ3) is 4.88. The van der Waals surface area contributed by atoms with E-state index in [9.17, 15) is 19.7 Å². The number of carbonyl (C=O) groups excluding carboxylic acids is 1. The second-order valence-electron chi connectivity index (χ2n) is 6.25. The maximum Gasteiger partial charge on any atom is 0.339 e. The maximum atomic E-state index is 12.9. The molecule has 1 heterocycles. The van der Waals surface area contributed by atoms with Crippen molar-refractivity contribution >= 4 is 29.3 Å². The summed E-state index contributed by atoms with van der Waals surface area (Å²) in [7, 11) is 1.53. The van der Waals surface area contributed by atoms with Crippen molar-refractivity contribution in [2.75, 3.05) is 7.05 Å². The molecule has 0 radical (unpaired) electrons. The van der Waals surface area contributed by atoms with E-state index in [-0.39, 0.29) is 34.4 Å². The van der Waals surface area contributed by atoms with Crippen LogP contribution in [0.2, 0.25) is 0 Å². The fraction of sp³-hybridized carbons (Fsp3) is 0.333. The van der Waals surface area contributed by atoms with Gasteiger partial charge in [0.25, 0.3) is 11.6 Å². The number of rotatable bonds is 7. The number of carboxylic acid groups (broad SMARTS) is 1. The molecule has 27 heavy (non-hydrogen) atoms. The summed E-state index contributed by atoms with van der Waals surface area (Å²) >= 11 is 1.44. The summed E-state index contributed by atoms with van der Waals surface area (Å²) < 4.78 is 5.40. The van der Waals surface area contributed by atoms with Gasteiger partial charge in [-0.3, -0.25) is 14.9 Å². The molecule has 0 fully saturated rings. The number of nitrogens with zero attached hydrogens (tertiary/aromatic N) is 2. The van der Waals surface area contributed by atoms with E-state index in [2.05, 4.69) is 0 Å². The van der Waals surface area contributed by atoms with Crippen LogP contribution in [0.3, 0.4) is 0 Å². The fourth-order valence-corrected chi connectivity index (χ4v) is 3.43. The lowest BCUT2D eigenvalue weighted by molar-refractivity contribution is -0.384. The molecule has 0 saturated carbocycles. The minimum Gasteiger partial charge on any atom is -0.478 e. The Balaban J connectivity index is 2.31. The summed E-state index contributed by atoms with van der Waals surface area (Å²) in [6.07, 6.45) is 0. The van der Waals surface area contributed by atoms with Crippen molar-refractivity contribution in [1.82, 2.24) is 4.90 Å². The number of nitro groups is 1. The highest BCUT2D eigenvalue weighted by molar-refractivity contribution is 8.00. The highest BCUT2D eigenvalue weighted by atomic mass is 32.2. The topological polar surface area (TPSA) is 114 Å². The molecule has 0 aliphatic heterocycles. The van der Waals surface area contributed by atoms with Gasteiger partial charge in [-0.25, -0.2) is 4.79 Å². The van der Waals surface area contributed by atoms with Gasteiger partial charge in [-0.05, 0) is 19.1 Å². The van der Waals surface area contributed by atoms with Crippen LogP contribution in [0, 0.1) is 17.0 Å². The molecular weight excluding hydrogens is 372 g/mol. The highest BCUT2D eigenvalue weighted by Crippen LogP contribution is 2.30. The molecule has 1 amide bonds. The van der Waals surface area contributed by atoms with E-state index >= 15 is 0 Å². The number of amides is 1. The lowest BCUT2D eigenvalue weighted by Crippen LogP contribution is -2.26. The molecule has 0 atom stereocenters. The standard InChI is InChI=1S/C18H20N2O6S/c1-10(2)27-16-6-5-12(20(24)25)7-15(16)17(21)19(4)9-13-8-14(18(22)23)11(3)26-13/h5-8,10H,9H2,1-4H3,(H,22,23). The average molecular weight is 392 g/mol. The third-order valence-electron chi connectivity index (χ3n) is 3.71. The van der Waals surface area contributed by atoms with Crippen molar-refractivity contribution in [2.24, 2.45) is 0 Å². The number of non-ortho nitro benzene ring substituents is 1. The van der Waals surface area contributed by atoms with Crippen molar-refractivity contribution in [1.29, 1.82) is 0 Å². The number of nitro benzene ring substituents is 1. The Hall–Kier alpha value is -2.81. The number of carboxylic acids is 1. The largest absolute Gasteiger partial charge is 0.478 e. The van der Waals surface area contributed by atoms with Crippen molar-refractivity contribution in [3.63, 3.8) is 0 Å². The zero-order chi connectivity index (χ0) is 20.3. The van der Waals surface area contributed by atoms with Crippen LogP contribution >= 0.6 is 11.8 Å². The molecule has 9 heteroatoms. The third-order valence-corrected chi connectivity index (χ3v) is 4.79. The van der Waals surface area contributed by atoms with Gasteiger partial charge in [-0.15, -0.1) is 11.8 Å². The number of benzene rings is 1. The molecule has 1 aromatic heterocycles. The van der Waals surface area contributed by atoms with Crippen LogP contribution in [0.5, 0.6) is 0 Å². The van der Waals surface area contributed by atoms with Crippen molar-refractivity contribution in [3.8, 4) is 0 Å². The monoisotopic (exact) mass is 392 g/mol. The first-order valence-electron chi connectivity index (χ1n) is 8.13. The Bertz CT molecular complexity index is 890. The second kappa shape index (κ2) is 8.26. The quantitative estimate of drug-likeness (QED) is 0.431. The van der Waals surface area contributed by atoms with Crippen LogP contribution in [-0.2, 0) is 6.54 Å². The summed E-state index contributed by atoms with van der Waals surface area (Å²) in [6.45, 7) is 5.50. The summed E-state index contributed by atoms with van der Waals surface area (Å²) in [6, 6.07) is 5.58. The molecule has 1 N–H and O–H groups in total. The predicted octanol–water partition coefficient (Wildman–Crippen LogP) is 3.97. The lowest BCUT2D eigenvalue weighted by atomic mass is 10.1. The number of furan rings is 1. The van der Waals surface area contributed by atoms with Crippen molar-refractivity contribution < 1.29 is 24.0 Å². The minimum absolute atomic E-state index is 0.0391. The van der Waals surface area contributed by atoms with Crippen LogP contribution in [0.15, 0.2) is 33.6 Å². The Labute approximate surface area is 160 Å². The van der Waals surface area contributed by atoms with E-state index in [0.717, 1.165) is 0 Å². The number of hydrogen-bond acceptors (Lipinski definition) is 6. The Morgan fingerprint density at radius 1 is 1.30 bits per heavy atom. The van der Waals surface area contributed by atoms with Gasteiger partial charge in [0.2, 0.25) is 0 Å². The van der Waals surface area contributed by atoms with Crippen molar-refractivity contribution in [3.05, 3.63) is 57.0 Å². The number of carbonyl (C=O) groups is 2. The van der Waals surface area contributed by atoms with Gasteiger partial charge < -0.3 is 14.4 Å². The molecule has 0 aliphatic rings. The van der Waals surface area contributed by atoms with Gasteiger partial charge in [0.15, 0.2) is 0 Å². The smallest absolute Gasteiger partial charge is 0.339 e. The summed E-state index contributed by atoms with van der Waals surface area (Å²) in [4.78, 5) is 36.5. The molecule has 0 bridgehead atoms. The zero-order valence-corrected chi connectivity index (χ0v) is 16.2. The Morgan fingerprint density at radius 3 is 2.48 bits per heavy atom. The van der Waals surface area contributed by atoms with Gasteiger partial charge in [-0.1, -0.05) is 13.8 Å². The molecule has 0 spiro atoms. The molecule has 144 valence electrons. The first-order chi connectivity index (χ1) is 12.6. The van der Waals surface area contributed by atoms with E-state index in [1.54, 1.807) is 6.07 Å². The van der Waals surface area contributed by atoms with Crippen molar-refractivity contribution in [2.45, 2.75) is 37.5 Å². The highest BCUT2D eigenvalue weighted by Gasteiger charge is 2.22. The van der Waals surface area contributed by atoms with E-state index in [1.165, 1.54) is 48.8 Å². The lowest BCUT2D eigenvalue weighted by Gasteiger charge is -2.18. The number of hydrogen-bond donors (Lipinski definition) is 1. The van der Waals surface area contributed by atoms with Gasteiger partial charge in [-0.2, -0.15) is 0 Å². The Morgan fingerprint density at radius 2 is 1.96 bits per heavy atom. The molecule has 0 saturated heterocycles. The number of aromatic carboxylic acids is 1. The summed E-state index contributed by atoms with van der Waals surface area (Å²) in [5.74, 6) is -0.937. The first-order valence-corrected chi connectivity index (χ1v) is 9.01. The number of thioether (sulfide) groups is 1. The van der Waals surface area contributed by atoms with Gasteiger partial charge in [0.1, 0.15) is 17.1 Å². The molecule has 0 aliphatic carbocycles. The summed E-state index contributed by atoms with van der Waals surface area (Å²) in [5.41, 5.74) is 0.103. The van der Waals surface area contributed by atoms with Gasteiger partial charge in [0.05, 0.1) is 17.0 Å². The second-order valence-corrected chi connectivity index (χ2v) is 7.87. The molecular formula is C18H20N2O6S. The van der Waals surface area contributed by atoms with Crippen LogP contribution in [0.25, 0.3) is 0 Å². The molecule has 8 nitrogen and oxygen atoms in total. The molecule has 2 aromatic rings. The van der Waals surface area contributed by atoms with Gasteiger partial charge >= 0.3 is 5.97 Å². The van der Waals surface area contributed by atoms with Gasteiger partial charge in [0, 0.05) is 29.3 Å². The number of aryl methyl sites for hydroxylation is 1. The SMILES string of the molecule is Cc1oc(CN(C)C(=O)c2cc([N+](=O)[O-])ccc2SC(C)C)cc1C(=O)O. The summed E-state index contributed by atoms with van der Waals surface area (Å²) in [5, 5.41) is 20.4. The first kappa shape index (κ1) is 20.5. The molecule has 1 aromatic carbocycles. The van der Waals surface area contributed by atoms with Crippen LogP contribution < -0.4 is 0 Å².